The summed E-state index contributed by atoms with van der Waals surface area (Å²) >= 11 is 6.33. The van der Waals surface area contributed by atoms with Crippen LogP contribution in [-0.2, 0) is 0 Å². The minimum absolute atomic E-state index is 0.507. The molecule has 1 heterocycles. The number of nitrogens with zero attached hydrogens (tertiary/aromatic N) is 1. The fourth-order valence-electron chi connectivity index (χ4n) is 2.43. The molecule has 3 heteroatoms. The molecule has 0 saturated heterocycles. The first-order chi connectivity index (χ1) is 7.50. The highest BCUT2D eigenvalue weighted by Crippen LogP contribution is 2.39. The Labute approximate surface area is 103 Å². The van der Waals surface area contributed by atoms with Crippen LogP contribution in [0.1, 0.15) is 19.4 Å². The van der Waals surface area contributed by atoms with Crippen molar-refractivity contribution < 1.29 is 0 Å². The van der Waals surface area contributed by atoms with Crippen molar-refractivity contribution in [2.45, 2.75) is 26.8 Å². The molecule has 1 aromatic carbocycles. The first kappa shape index (κ1) is 11.6. The monoisotopic (exact) mass is 238 g/mol. The largest absolute Gasteiger partial charge is 0.381 e. The van der Waals surface area contributed by atoms with Crippen LogP contribution in [-0.4, -0.2) is 19.6 Å². The molecule has 0 aromatic heterocycles. The Kier molecular flexibility index (Phi) is 3.02. The molecule has 2 rings (SSSR count). The van der Waals surface area contributed by atoms with Gasteiger partial charge in [-0.15, -0.1) is 0 Å². The lowest BCUT2D eigenvalue weighted by Gasteiger charge is -2.39. The number of hydrogen-bond donors (Lipinski definition) is 1. The molecular weight excluding hydrogens is 220 g/mol. The summed E-state index contributed by atoms with van der Waals surface area (Å²) < 4.78 is 0. The molecule has 1 N–H and O–H groups in total. The van der Waals surface area contributed by atoms with E-state index in [1.54, 1.807) is 0 Å². The molecule has 0 radical (unpaired) electrons. The number of likely N-dealkylation sites (N-methyl/N-ethyl adjacent to an activating group) is 1. The topological polar surface area (TPSA) is 15.3 Å². The highest BCUT2D eigenvalue weighted by atomic mass is 35.5. The van der Waals surface area contributed by atoms with Gasteiger partial charge in [0, 0.05) is 19.6 Å². The van der Waals surface area contributed by atoms with Crippen LogP contribution >= 0.6 is 11.6 Å². The van der Waals surface area contributed by atoms with Crippen molar-refractivity contribution >= 4 is 23.0 Å². The van der Waals surface area contributed by atoms with Crippen molar-refractivity contribution in [1.82, 2.24) is 0 Å². The van der Waals surface area contributed by atoms with Crippen LogP contribution in [0.15, 0.2) is 12.1 Å². The predicted octanol–water partition coefficient (Wildman–Crippen LogP) is 3.53. The van der Waals surface area contributed by atoms with Crippen LogP contribution < -0.4 is 10.2 Å². The third kappa shape index (κ3) is 1.86. The van der Waals surface area contributed by atoms with E-state index in [-0.39, 0.29) is 0 Å². The Morgan fingerprint density at radius 2 is 2.12 bits per heavy atom. The molecule has 0 spiro atoms. The lowest BCUT2D eigenvalue weighted by atomic mass is 9.99. The molecule has 2 nitrogen and oxygen atoms in total. The molecule has 1 aromatic rings. The maximum atomic E-state index is 6.33. The summed E-state index contributed by atoms with van der Waals surface area (Å²) in [7, 11) is 2.13. The second kappa shape index (κ2) is 4.17. The van der Waals surface area contributed by atoms with Gasteiger partial charge in [-0.25, -0.2) is 0 Å². The standard InChI is InChI=1S/C13H19ClN2/c1-8(2)12-7-15-11-6-9(3)5-10(14)13(11)16(12)4/h5-6,8,12,15H,7H2,1-4H3. The summed E-state index contributed by atoms with van der Waals surface area (Å²) in [6, 6.07) is 4.70. The van der Waals surface area contributed by atoms with E-state index in [2.05, 4.69) is 44.1 Å². The van der Waals surface area contributed by atoms with Gasteiger partial charge in [-0.2, -0.15) is 0 Å². The van der Waals surface area contributed by atoms with Crippen molar-refractivity contribution in [3.05, 3.63) is 22.7 Å². The van der Waals surface area contributed by atoms with E-state index in [1.807, 2.05) is 6.07 Å². The number of hydrogen-bond acceptors (Lipinski definition) is 2. The first-order valence-corrected chi connectivity index (χ1v) is 6.15. The summed E-state index contributed by atoms with van der Waals surface area (Å²) in [5, 5.41) is 4.32. The van der Waals surface area contributed by atoms with Crippen LogP contribution in [0.25, 0.3) is 0 Å². The summed E-state index contributed by atoms with van der Waals surface area (Å²) in [6.45, 7) is 7.55. The fraction of sp³-hybridized carbons (Fsp3) is 0.538. The van der Waals surface area contributed by atoms with E-state index in [0.717, 1.165) is 22.9 Å². The number of benzene rings is 1. The number of aryl methyl sites for hydroxylation is 1. The lowest BCUT2D eigenvalue weighted by molar-refractivity contribution is 0.482. The number of anilines is 2. The minimum Gasteiger partial charge on any atom is -0.381 e. The third-order valence-corrected chi connectivity index (χ3v) is 3.62. The highest BCUT2D eigenvalue weighted by molar-refractivity contribution is 6.34. The zero-order valence-corrected chi connectivity index (χ0v) is 11.1. The zero-order valence-electron chi connectivity index (χ0n) is 10.3. The maximum absolute atomic E-state index is 6.33. The zero-order chi connectivity index (χ0) is 11.9. The molecule has 1 aliphatic heterocycles. The van der Waals surface area contributed by atoms with Gasteiger partial charge in [0.15, 0.2) is 0 Å². The summed E-state index contributed by atoms with van der Waals surface area (Å²) in [5.41, 5.74) is 3.49. The van der Waals surface area contributed by atoms with Gasteiger partial charge in [0.05, 0.1) is 16.4 Å². The van der Waals surface area contributed by atoms with Crippen molar-refractivity contribution in [3.8, 4) is 0 Å². The Balaban J connectivity index is 2.44. The number of nitrogens with one attached hydrogen (secondary N) is 1. The van der Waals surface area contributed by atoms with E-state index in [4.69, 9.17) is 11.6 Å². The van der Waals surface area contributed by atoms with Gasteiger partial charge in [0.2, 0.25) is 0 Å². The lowest BCUT2D eigenvalue weighted by Crippen LogP contribution is -2.45. The Hall–Kier alpha value is -0.890. The second-order valence-electron chi connectivity index (χ2n) is 4.95. The van der Waals surface area contributed by atoms with E-state index < -0.39 is 0 Å². The quantitative estimate of drug-likeness (QED) is 0.805. The summed E-state index contributed by atoms with van der Waals surface area (Å²) in [4.78, 5) is 2.30. The molecule has 16 heavy (non-hydrogen) atoms. The van der Waals surface area contributed by atoms with Gasteiger partial charge in [0.25, 0.3) is 0 Å². The van der Waals surface area contributed by atoms with Crippen LogP contribution in [0.5, 0.6) is 0 Å². The normalized spacial score (nSPS) is 19.6. The molecule has 1 unspecified atom stereocenters. The highest BCUT2D eigenvalue weighted by Gasteiger charge is 2.27. The van der Waals surface area contributed by atoms with E-state index in [0.29, 0.717) is 12.0 Å². The molecule has 0 aliphatic carbocycles. The summed E-state index contributed by atoms with van der Waals surface area (Å²) in [5.74, 6) is 0.614. The van der Waals surface area contributed by atoms with E-state index in [9.17, 15) is 0 Å². The number of rotatable bonds is 1. The first-order valence-electron chi connectivity index (χ1n) is 5.77. The molecule has 0 fully saturated rings. The Morgan fingerprint density at radius 1 is 1.44 bits per heavy atom. The van der Waals surface area contributed by atoms with Gasteiger partial charge in [0.1, 0.15) is 0 Å². The Bertz CT molecular complexity index is 401. The summed E-state index contributed by atoms with van der Waals surface area (Å²) in [6.07, 6.45) is 0. The molecule has 88 valence electrons. The van der Waals surface area contributed by atoms with Gasteiger partial charge in [-0.3, -0.25) is 0 Å². The molecule has 0 saturated carbocycles. The second-order valence-corrected chi connectivity index (χ2v) is 5.35. The molecule has 1 atom stereocenters. The van der Waals surface area contributed by atoms with E-state index in [1.165, 1.54) is 5.56 Å². The van der Waals surface area contributed by atoms with Crippen molar-refractivity contribution in [3.63, 3.8) is 0 Å². The van der Waals surface area contributed by atoms with Crippen LogP contribution in [0.3, 0.4) is 0 Å². The maximum Gasteiger partial charge on any atom is 0.0792 e. The fourth-order valence-corrected chi connectivity index (χ4v) is 2.84. The van der Waals surface area contributed by atoms with Gasteiger partial charge >= 0.3 is 0 Å². The minimum atomic E-state index is 0.507. The average molecular weight is 239 g/mol. The van der Waals surface area contributed by atoms with Crippen LogP contribution in [0.2, 0.25) is 5.02 Å². The average Bonchev–Trinajstić information content (AvgIpc) is 2.15. The van der Waals surface area contributed by atoms with Crippen molar-refractivity contribution in [2.24, 2.45) is 5.92 Å². The van der Waals surface area contributed by atoms with Gasteiger partial charge in [-0.05, 0) is 30.5 Å². The predicted molar refractivity (Wildman–Crippen MR) is 71.7 cm³/mol. The van der Waals surface area contributed by atoms with Crippen LogP contribution in [0, 0.1) is 12.8 Å². The molecular formula is C13H19ClN2. The third-order valence-electron chi connectivity index (χ3n) is 3.33. The number of halogens is 1. The number of fused-ring (bicyclic) bond motifs is 1. The molecule has 0 amide bonds. The SMILES string of the molecule is Cc1cc(Cl)c2c(c1)NCC(C(C)C)N2C. The van der Waals surface area contributed by atoms with E-state index >= 15 is 0 Å². The van der Waals surface area contributed by atoms with Gasteiger partial charge in [-0.1, -0.05) is 25.4 Å². The van der Waals surface area contributed by atoms with Gasteiger partial charge < -0.3 is 10.2 Å². The van der Waals surface area contributed by atoms with Crippen LogP contribution in [0.4, 0.5) is 11.4 Å². The molecule has 1 aliphatic rings. The smallest absolute Gasteiger partial charge is 0.0792 e. The molecule has 0 bridgehead atoms. The van der Waals surface area contributed by atoms with Crippen molar-refractivity contribution in [2.75, 3.05) is 23.8 Å². The van der Waals surface area contributed by atoms with Crippen molar-refractivity contribution in [1.29, 1.82) is 0 Å². The Morgan fingerprint density at radius 3 is 2.75 bits per heavy atom.